The normalized spacial score (nSPS) is 27.0. The smallest absolute Gasteiger partial charge is 0.0897 e. The van der Waals surface area contributed by atoms with Gasteiger partial charge in [-0.2, -0.15) is 0 Å². The van der Waals surface area contributed by atoms with Crippen molar-refractivity contribution < 1.29 is 5.11 Å². The quantitative estimate of drug-likeness (QED) is 0.797. The molecule has 3 nitrogen and oxygen atoms in total. The number of nitrogens with one attached hydrogen (secondary N) is 1. The molecular formula is C10H16N2OS. The fourth-order valence-corrected chi connectivity index (χ4v) is 2.64. The van der Waals surface area contributed by atoms with E-state index in [0.717, 1.165) is 30.8 Å². The minimum absolute atomic E-state index is 0.149. The maximum absolute atomic E-state index is 9.60. The molecule has 78 valence electrons. The first-order chi connectivity index (χ1) is 6.75. The van der Waals surface area contributed by atoms with E-state index in [1.54, 1.807) is 11.3 Å². The molecule has 2 atom stereocenters. The molecule has 0 aromatic carbocycles. The van der Waals surface area contributed by atoms with Gasteiger partial charge in [-0.3, -0.25) is 0 Å². The van der Waals surface area contributed by atoms with Crippen LogP contribution in [0.15, 0.2) is 6.20 Å². The Labute approximate surface area is 88.2 Å². The number of aliphatic hydroxyl groups excluding tert-OH is 1. The van der Waals surface area contributed by atoms with Crippen molar-refractivity contribution in [2.75, 3.05) is 0 Å². The SMILES string of the molecule is Cc1ncc(CNC2CCCC2O)s1. The molecule has 4 heteroatoms. The third-order valence-electron chi connectivity index (χ3n) is 2.69. The first-order valence-electron chi connectivity index (χ1n) is 5.08. The average Bonchev–Trinajstić information content (AvgIpc) is 2.72. The van der Waals surface area contributed by atoms with Gasteiger partial charge in [0.15, 0.2) is 0 Å². The Morgan fingerprint density at radius 3 is 3.07 bits per heavy atom. The van der Waals surface area contributed by atoms with Gasteiger partial charge in [0.2, 0.25) is 0 Å². The van der Waals surface area contributed by atoms with E-state index in [9.17, 15) is 5.11 Å². The van der Waals surface area contributed by atoms with Crippen LogP contribution >= 0.6 is 11.3 Å². The second-order valence-electron chi connectivity index (χ2n) is 3.83. The van der Waals surface area contributed by atoms with Crippen LogP contribution in [0.3, 0.4) is 0 Å². The van der Waals surface area contributed by atoms with E-state index in [2.05, 4.69) is 10.3 Å². The summed E-state index contributed by atoms with van der Waals surface area (Å²) in [5.41, 5.74) is 0. The summed E-state index contributed by atoms with van der Waals surface area (Å²) in [6.07, 6.45) is 4.94. The standard InChI is InChI=1S/C10H16N2OS/c1-7-11-5-8(14-7)6-12-9-3-2-4-10(9)13/h5,9-10,12-13H,2-4,6H2,1H3. The molecule has 0 amide bonds. The summed E-state index contributed by atoms with van der Waals surface area (Å²) in [6, 6.07) is 0.289. The zero-order chi connectivity index (χ0) is 9.97. The number of thiazole rings is 1. The van der Waals surface area contributed by atoms with Crippen LogP contribution in [0.2, 0.25) is 0 Å². The number of hydrogen-bond donors (Lipinski definition) is 2. The van der Waals surface area contributed by atoms with Crippen molar-refractivity contribution in [3.8, 4) is 0 Å². The van der Waals surface area contributed by atoms with Gasteiger partial charge in [-0.1, -0.05) is 0 Å². The van der Waals surface area contributed by atoms with Crippen LogP contribution in [0.4, 0.5) is 0 Å². The summed E-state index contributed by atoms with van der Waals surface area (Å²) in [5.74, 6) is 0. The molecule has 2 rings (SSSR count). The predicted molar refractivity (Wildman–Crippen MR) is 57.3 cm³/mol. The van der Waals surface area contributed by atoms with Gasteiger partial charge in [-0.05, 0) is 26.2 Å². The van der Waals surface area contributed by atoms with Crippen molar-refractivity contribution >= 4 is 11.3 Å². The zero-order valence-electron chi connectivity index (χ0n) is 8.36. The van der Waals surface area contributed by atoms with Gasteiger partial charge in [0.05, 0.1) is 11.1 Å². The molecule has 1 aromatic heterocycles. The lowest BCUT2D eigenvalue weighted by atomic mass is 10.2. The van der Waals surface area contributed by atoms with Crippen LogP contribution in [0.25, 0.3) is 0 Å². The van der Waals surface area contributed by atoms with Crippen molar-refractivity contribution in [2.24, 2.45) is 0 Å². The summed E-state index contributed by atoms with van der Waals surface area (Å²) in [6.45, 7) is 2.85. The maximum atomic E-state index is 9.60. The lowest BCUT2D eigenvalue weighted by Gasteiger charge is -2.15. The predicted octanol–water partition coefficient (Wildman–Crippen LogP) is 1.45. The van der Waals surface area contributed by atoms with E-state index >= 15 is 0 Å². The lowest BCUT2D eigenvalue weighted by Crippen LogP contribution is -2.34. The summed E-state index contributed by atoms with van der Waals surface area (Å²) in [4.78, 5) is 5.45. The Morgan fingerprint density at radius 2 is 2.50 bits per heavy atom. The highest BCUT2D eigenvalue weighted by Gasteiger charge is 2.24. The van der Waals surface area contributed by atoms with Crippen molar-refractivity contribution in [3.05, 3.63) is 16.1 Å². The molecule has 0 aliphatic heterocycles. The van der Waals surface area contributed by atoms with Gasteiger partial charge in [-0.25, -0.2) is 4.98 Å². The van der Waals surface area contributed by atoms with Crippen molar-refractivity contribution in [2.45, 2.75) is 44.9 Å². The van der Waals surface area contributed by atoms with E-state index in [1.807, 2.05) is 13.1 Å². The Balaban J connectivity index is 1.82. The molecular weight excluding hydrogens is 196 g/mol. The number of rotatable bonds is 3. The van der Waals surface area contributed by atoms with Crippen LogP contribution in [0.1, 0.15) is 29.1 Å². The first kappa shape index (κ1) is 10.1. The number of aryl methyl sites for hydroxylation is 1. The molecule has 0 saturated heterocycles. The molecule has 0 bridgehead atoms. The molecule has 1 aliphatic carbocycles. The number of nitrogens with zero attached hydrogens (tertiary/aromatic N) is 1. The summed E-state index contributed by atoms with van der Waals surface area (Å²) < 4.78 is 0. The molecule has 14 heavy (non-hydrogen) atoms. The van der Waals surface area contributed by atoms with Crippen LogP contribution in [-0.4, -0.2) is 22.2 Å². The third-order valence-corrected chi connectivity index (χ3v) is 3.60. The topological polar surface area (TPSA) is 45.2 Å². The number of hydrogen-bond acceptors (Lipinski definition) is 4. The summed E-state index contributed by atoms with van der Waals surface area (Å²) in [5, 5.41) is 14.1. The van der Waals surface area contributed by atoms with Crippen molar-refractivity contribution in [3.63, 3.8) is 0 Å². The Bertz CT molecular complexity index is 300. The zero-order valence-corrected chi connectivity index (χ0v) is 9.18. The van der Waals surface area contributed by atoms with E-state index in [4.69, 9.17) is 0 Å². The van der Waals surface area contributed by atoms with Gasteiger partial charge in [-0.15, -0.1) is 11.3 Å². The van der Waals surface area contributed by atoms with Gasteiger partial charge < -0.3 is 10.4 Å². The van der Waals surface area contributed by atoms with E-state index in [1.165, 1.54) is 4.88 Å². The molecule has 2 N–H and O–H groups in total. The third kappa shape index (κ3) is 2.32. The van der Waals surface area contributed by atoms with Crippen molar-refractivity contribution in [1.82, 2.24) is 10.3 Å². The van der Waals surface area contributed by atoms with E-state index < -0.39 is 0 Å². The summed E-state index contributed by atoms with van der Waals surface area (Å²) >= 11 is 1.72. The van der Waals surface area contributed by atoms with Gasteiger partial charge in [0.25, 0.3) is 0 Å². The van der Waals surface area contributed by atoms with Gasteiger partial charge in [0, 0.05) is 23.7 Å². The van der Waals surface area contributed by atoms with Crippen LogP contribution < -0.4 is 5.32 Å². The van der Waals surface area contributed by atoms with E-state index in [-0.39, 0.29) is 12.1 Å². The van der Waals surface area contributed by atoms with Crippen LogP contribution in [0, 0.1) is 6.92 Å². The molecule has 0 radical (unpaired) electrons. The Morgan fingerprint density at radius 1 is 1.64 bits per heavy atom. The van der Waals surface area contributed by atoms with Crippen LogP contribution in [-0.2, 0) is 6.54 Å². The largest absolute Gasteiger partial charge is 0.392 e. The number of aliphatic hydroxyl groups is 1. The highest BCUT2D eigenvalue weighted by Crippen LogP contribution is 2.20. The fourth-order valence-electron chi connectivity index (χ4n) is 1.90. The molecule has 1 aromatic rings. The van der Waals surface area contributed by atoms with Gasteiger partial charge in [0.1, 0.15) is 0 Å². The van der Waals surface area contributed by atoms with Gasteiger partial charge >= 0.3 is 0 Å². The Kier molecular flexibility index (Phi) is 3.15. The first-order valence-corrected chi connectivity index (χ1v) is 5.90. The Hall–Kier alpha value is -0.450. The average molecular weight is 212 g/mol. The second-order valence-corrected chi connectivity index (χ2v) is 5.15. The second kappa shape index (κ2) is 4.38. The number of aromatic nitrogens is 1. The molecule has 0 spiro atoms. The van der Waals surface area contributed by atoms with E-state index in [0.29, 0.717) is 0 Å². The molecule has 1 aliphatic rings. The monoisotopic (exact) mass is 212 g/mol. The van der Waals surface area contributed by atoms with Crippen LogP contribution in [0.5, 0.6) is 0 Å². The highest BCUT2D eigenvalue weighted by molar-refractivity contribution is 7.11. The van der Waals surface area contributed by atoms with Crippen molar-refractivity contribution in [1.29, 1.82) is 0 Å². The molecule has 1 saturated carbocycles. The molecule has 2 unspecified atom stereocenters. The fraction of sp³-hybridized carbons (Fsp3) is 0.700. The molecule has 1 heterocycles. The maximum Gasteiger partial charge on any atom is 0.0897 e. The minimum Gasteiger partial charge on any atom is -0.392 e. The highest BCUT2D eigenvalue weighted by atomic mass is 32.1. The minimum atomic E-state index is -0.149. The lowest BCUT2D eigenvalue weighted by molar-refractivity contribution is 0.149. The molecule has 1 fully saturated rings. The summed E-state index contributed by atoms with van der Waals surface area (Å²) in [7, 11) is 0.